The minimum Gasteiger partial charge on any atom is -0.486 e. The van der Waals surface area contributed by atoms with Crippen molar-refractivity contribution in [2.45, 2.75) is 0 Å². The maximum absolute atomic E-state index is 12.6. The van der Waals surface area contributed by atoms with Crippen molar-refractivity contribution in [1.82, 2.24) is 0 Å². The van der Waals surface area contributed by atoms with Crippen molar-refractivity contribution >= 4 is 34.7 Å². The number of rotatable bonds is 2. The Morgan fingerprint density at radius 1 is 1.05 bits per heavy atom. The van der Waals surface area contributed by atoms with Gasteiger partial charge in [0.15, 0.2) is 17.3 Å². The summed E-state index contributed by atoms with van der Waals surface area (Å²) in [7, 11) is 0. The molecule has 1 aliphatic rings. The van der Waals surface area contributed by atoms with Crippen molar-refractivity contribution in [2.24, 2.45) is 0 Å². The van der Waals surface area contributed by atoms with Gasteiger partial charge in [-0.2, -0.15) is 0 Å². The van der Waals surface area contributed by atoms with E-state index in [4.69, 9.17) is 38.4 Å². The van der Waals surface area contributed by atoms with Crippen LogP contribution in [0.25, 0.3) is 0 Å². The van der Waals surface area contributed by atoms with E-state index >= 15 is 0 Å². The number of anilines is 1. The molecule has 4 nitrogen and oxygen atoms in total. The highest BCUT2D eigenvalue weighted by atomic mass is 35.5. The van der Waals surface area contributed by atoms with E-state index in [1.165, 1.54) is 0 Å². The van der Waals surface area contributed by atoms with E-state index in [-0.39, 0.29) is 27.0 Å². The highest BCUT2D eigenvalue weighted by Crippen LogP contribution is 2.37. The molecule has 108 valence electrons. The van der Waals surface area contributed by atoms with Gasteiger partial charge in [-0.3, -0.25) is 4.79 Å². The van der Waals surface area contributed by atoms with Gasteiger partial charge in [0, 0.05) is 17.3 Å². The lowest BCUT2D eigenvalue weighted by molar-refractivity contribution is 0.103. The Morgan fingerprint density at radius 2 is 1.71 bits per heavy atom. The summed E-state index contributed by atoms with van der Waals surface area (Å²) in [6.45, 7) is 0.880. The molecule has 0 fully saturated rings. The molecule has 0 amide bonds. The third-order valence-corrected chi connectivity index (χ3v) is 3.78. The van der Waals surface area contributed by atoms with Crippen LogP contribution in [0, 0.1) is 0 Å². The molecule has 0 radical (unpaired) electrons. The number of ketones is 1. The number of ether oxygens (including phenoxy) is 2. The Bertz CT molecular complexity index is 711. The van der Waals surface area contributed by atoms with Crippen LogP contribution >= 0.6 is 23.2 Å². The Labute approximate surface area is 131 Å². The number of carbonyl (C=O) groups excluding carboxylic acids is 1. The summed E-state index contributed by atoms with van der Waals surface area (Å²) in [4.78, 5) is 12.6. The van der Waals surface area contributed by atoms with Crippen molar-refractivity contribution < 1.29 is 14.3 Å². The predicted octanol–water partition coefficient (Wildman–Crippen LogP) is 3.58. The molecule has 0 aliphatic carbocycles. The van der Waals surface area contributed by atoms with Crippen LogP contribution in [-0.2, 0) is 0 Å². The number of fused-ring (bicyclic) bond motifs is 1. The standard InChI is InChI=1S/C15H11Cl2NO3/c16-9-2-1-3-11(18)14(9)15(19)8-6-12-13(7-10(8)17)21-5-4-20-12/h1-3,6-7H,4-5,18H2. The van der Waals surface area contributed by atoms with Crippen molar-refractivity contribution in [3.63, 3.8) is 0 Å². The van der Waals surface area contributed by atoms with Gasteiger partial charge >= 0.3 is 0 Å². The monoisotopic (exact) mass is 323 g/mol. The quantitative estimate of drug-likeness (QED) is 0.677. The first kappa shape index (κ1) is 14.0. The number of hydrogen-bond acceptors (Lipinski definition) is 4. The molecule has 21 heavy (non-hydrogen) atoms. The number of nitrogens with two attached hydrogens (primary N) is 1. The first-order chi connectivity index (χ1) is 10.1. The van der Waals surface area contributed by atoms with E-state index in [1.807, 2.05) is 0 Å². The molecule has 0 spiro atoms. The lowest BCUT2D eigenvalue weighted by Gasteiger charge is -2.19. The Balaban J connectivity index is 2.10. The summed E-state index contributed by atoms with van der Waals surface area (Å²) in [5, 5.41) is 0.550. The maximum Gasteiger partial charge on any atom is 0.198 e. The van der Waals surface area contributed by atoms with Crippen LogP contribution in [0.2, 0.25) is 10.0 Å². The van der Waals surface area contributed by atoms with Crippen molar-refractivity contribution in [3.05, 3.63) is 51.5 Å². The van der Waals surface area contributed by atoms with Crippen molar-refractivity contribution in [3.8, 4) is 11.5 Å². The first-order valence-corrected chi connectivity index (χ1v) is 7.01. The molecule has 1 heterocycles. The zero-order chi connectivity index (χ0) is 15.0. The third kappa shape index (κ3) is 2.52. The summed E-state index contributed by atoms with van der Waals surface area (Å²) in [5.74, 6) is 0.662. The molecule has 2 aromatic rings. The molecule has 6 heteroatoms. The number of halogens is 2. The number of nitrogen functional groups attached to an aromatic ring is 1. The molecule has 0 saturated carbocycles. The minimum absolute atomic E-state index is 0.234. The second-order valence-corrected chi connectivity index (χ2v) is 5.32. The van der Waals surface area contributed by atoms with Crippen LogP contribution in [0.15, 0.2) is 30.3 Å². The van der Waals surface area contributed by atoms with E-state index in [2.05, 4.69) is 0 Å². The van der Waals surface area contributed by atoms with E-state index < -0.39 is 0 Å². The van der Waals surface area contributed by atoms with Crippen LogP contribution in [0.4, 0.5) is 5.69 Å². The summed E-state index contributed by atoms with van der Waals surface area (Å²) in [6, 6.07) is 8.03. The predicted molar refractivity (Wildman–Crippen MR) is 81.7 cm³/mol. The molecular formula is C15H11Cl2NO3. The zero-order valence-electron chi connectivity index (χ0n) is 10.9. The molecule has 2 aromatic carbocycles. The summed E-state index contributed by atoms with van der Waals surface area (Å²) < 4.78 is 10.9. The van der Waals surface area contributed by atoms with Crippen LogP contribution in [-0.4, -0.2) is 19.0 Å². The molecule has 0 saturated heterocycles. The summed E-state index contributed by atoms with van der Waals surface area (Å²) in [5.41, 5.74) is 6.66. The second-order valence-electron chi connectivity index (χ2n) is 4.51. The topological polar surface area (TPSA) is 61.6 Å². The van der Waals surface area contributed by atoms with Crippen LogP contribution in [0.5, 0.6) is 11.5 Å². The van der Waals surface area contributed by atoms with Gasteiger partial charge < -0.3 is 15.2 Å². The molecule has 1 aliphatic heterocycles. The van der Waals surface area contributed by atoms with E-state index in [9.17, 15) is 4.79 Å². The average molecular weight is 324 g/mol. The fraction of sp³-hybridized carbons (Fsp3) is 0.133. The van der Waals surface area contributed by atoms with Gasteiger partial charge in [0.1, 0.15) is 13.2 Å². The average Bonchev–Trinajstić information content (AvgIpc) is 2.46. The Kier molecular flexibility index (Phi) is 3.66. The maximum atomic E-state index is 12.6. The number of carbonyl (C=O) groups is 1. The zero-order valence-corrected chi connectivity index (χ0v) is 12.4. The highest BCUT2D eigenvalue weighted by Gasteiger charge is 2.22. The molecular weight excluding hydrogens is 313 g/mol. The van der Waals surface area contributed by atoms with E-state index in [0.717, 1.165) is 0 Å². The minimum atomic E-state index is -0.347. The normalized spacial score (nSPS) is 13.0. The summed E-state index contributed by atoms with van der Waals surface area (Å²) in [6.07, 6.45) is 0. The largest absolute Gasteiger partial charge is 0.486 e. The van der Waals surface area contributed by atoms with Gasteiger partial charge in [0.25, 0.3) is 0 Å². The third-order valence-electron chi connectivity index (χ3n) is 3.15. The van der Waals surface area contributed by atoms with Crippen LogP contribution < -0.4 is 15.2 Å². The van der Waals surface area contributed by atoms with Crippen molar-refractivity contribution in [1.29, 1.82) is 0 Å². The van der Waals surface area contributed by atoms with E-state index in [0.29, 0.717) is 30.4 Å². The fourth-order valence-corrected chi connectivity index (χ4v) is 2.66. The molecule has 0 atom stereocenters. The Hall–Kier alpha value is -1.91. The smallest absolute Gasteiger partial charge is 0.198 e. The lowest BCUT2D eigenvalue weighted by atomic mass is 10.0. The number of benzene rings is 2. The lowest BCUT2D eigenvalue weighted by Crippen LogP contribution is -2.16. The van der Waals surface area contributed by atoms with Crippen molar-refractivity contribution in [2.75, 3.05) is 18.9 Å². The Morgan fingerprint density at radius 3 is 2.38 bits per heavy atom. The SMILES string of the molecule is Nc1cccc(Cl)c1C(=O)c1cc2c(cc1Cl)OCCO2. The molecule has 0 aromatic heterocycles. The molecule has 0 unspecified atom stereocenters. The van der Waals surface area contributed by atoms with Gasteiger partial charge in [-0.1, -0.05) is 29.3 Å². The van der Waals surface area contributed by atoms with Gasteiger partial charge in [0.2, 0.25) is 0 Å². The van der Waals surface area contributed by atoms with Gasteiger partial charge in [-0.15, -0.1) is 0 Å². The van der Waals surface area contributed by atoms with Gasteiger partial charge in [0.05, 0.1) is 15.6 Å². The highest BCUT2D eigenvalue weighted by molar-refractivity contribution is 6.39. The van der Waals surface area contributed by atoms with Crippen LogP contribution in [0.3, 0.4) is 0 Å². The van der Waals surface area contributed by atoms with Crippen LogP contribution in [0.1, 0.15) is 15.9 Å². The molecule has 2 N–H and O–H groups in total. The summed E-state index contributed by atoms with van der Waals surface area (Å²) >= 11 is 12.2. The van der Waals surface area contributed by atoms with Gasteiger partial charge in [-0.25, -0.2) is 0 Å². The van der Waals surface area contributed by atoms with E-state index in [1.54, 1.807) is 30.3 Å². The second kappa shape index (κ2) is 5.47. The molecule has 0 bridgehead atoms. The number of hydrogen-bond donors (Lipinski definition) is 1. The first-order valence-electron chi connectivity index (χ1n) is 6.26. The molecule has 3 rings (SSSR count). The van der Waals surface area contributed by atoms with Gasteiger partial charge in [-0.05, 0) is 18.2 Å². The fourth-order valence-electron chi connectivity index (χ4n) is 2.15.